The van der Waals surface area contributed by atoms with Gasteiger partial charge in [0, 0.05) is 7.05 Å². The quantitative estimate of drug-likeness (QED) is 0.351. The molecule has 0 radical (unpaired) electrons. The van der Waals surface area contributed by atoms with Crippen molar-refractivity contribution in [2.24, 2.45) is 7.05 Å². The summed E-state index contributed by atoms with van der Waals surface area (Å²) in [6.07, 6.45) is 3.65. The van der Waals surface area contributed by atoms with Crippen molar-refractivity contribution >= 4 is 29.3 Å². The van der Waals surface area contributed by atoms with Crippen LogP contribution in [-0.4, -0.2) is 16.4 Å². The van der Waals surface area contributed by atoms with Crippen molar-refractivity contribution < 1.29 is 14.2 Å². The first-order chi connectivity index (χ1) is 14.8. The van der Waals surface area contributed by atoms with Gasteiger partial charge >= 0.3 is 0 Å². The molecule has 31 heavy (non-hydrogen) atoms. The molecular formula is C24H24Cl2N2O3. The second-order valence-electron chi connectivity index (χ2n) is 7.10. The van der Waals surface area contributed by atoms with E-state index in [9.17, 15) is 0 Å². The van der Waals surface area contributed by atoms with Crippen LogP contribution >= 0.6 is 23.2 Å². The molecule has 1 heterocycles. The molecule has 7 heteroatoms. The van der Waals surface area contributed by atoms with Gasteiger partial charge in [0.15, 0.2) is 0 Å². The molecule has 0 spiro atoms. The number of aryl methyl sites for hydroxylation is 2. The van der Waals surface area contributed by atoms with Gasteiger partial charge in [-0.1, -0.05) is 28.8 Å². The smallest absolute Gasteiger partial charge is 0.225 e. The Bertz CT molecular complexity index is 1080. The highest BCUT2D eigenvalue weighted by atomic mass is 35.5. The van der Waals surface area contributed by atoms with E-state index in [4.69, 9.17) is 37.4 Å². The lowest BCUT2D eigenvalue weighted by Gasteiger charge is -2.10. The Labute approximate surface area is 192 Å². The van der Waals surface area contributed by atoms with E-state index in [0.29, 0.717) is 35.5 Å². The normalized spacial score (nSPS) is 10.4. The van der Waals surface area contributed by atoms with Gasteiger partial charge in [-0.05, 0) is 81.5 Å². The molecule has 0 aliphatic carbocycles. The van der Waals surface area contributed by atoms with E-state index in [1.54, 1.807) is 10.8 Å². The molecule has 0 aliphatic rings. The molecule has 0 fully saturated rings. The average Bonchev–Trinajstić information content (AvgIpc) is 2.97. The Hall–Kier alpha value is -2.89. The first kappa shape index (κ1) is 22.8. The van der Waals surface area contributed by atoms with Crippen LogP contribution in [0.5, 0.6) is 28.9 Å². The topological polar surface area (TPSA) is 45.5 Å². The van der Waals surface area contributed by atoms with Crippen LogP contribution in [0, 0.1) is 6.92 Å². The van der Waals surface area contributed by atoms with Crippen LogP contribution in [0.2, 0.25) is 0 Å². The molecule has 0 bridgehead atoms. The third-order valence-corrected chi connectivity index (χ3v) is 4.54. The van der Waals surface area contributed by atoms with Crippen molar-refractivity contribution in [3.8, 4) is 28.9 Å². The van der Waals surface area contributed by atoms with Crippen LogP contribution in [0.1, 0.15) is 25.1 Å². The zero-order valence-corrected chi connectivity index (χ0v) is 19.4. The maximum atomic E-state index is 6.10. The number of allylic oxidation sites excluding steroid dienone is 1. The molecule has 3 aromatic rings. The van der Waals surface area contributed by atoms with Crippen LogP contribution in [0.25, 0.3) is 6.08 Å². The van der Waals surface area contributed by atoms with Gasteiger partial charge in [0.25, 0.3) is 0 Å². The lowest BCUT2D eigenvalue weighted by atomic mass is 10.2. The van der Waals surface area contributed by atoms with Gasteiger partial charge in [0.05, 0.1) is 11.3 Å². The van der Waals surface area contributed by atoms with Crippen molar-refractivity contribution in [2.75, 3.05) is 6.61 Å². The maximum absolute atomic E-state index is 6.10. The van der Waals surface area contributed by atoms with E-state index < -0.39 is 0 Å². The minimum Gasteiger partial charge on any atom is -0.489 e. The highest BCUT2D eigenvalue weighted by molar-refractivity contribution is 6.55. The summed E-state index contributed by atoms with van der Waals surface area (Å²) >= 11 is 11.1. The number of nitrogens with zero attached hydrogens (tertiary/aromatic N) is 2. The Balaban J connectivity index is 1.65. The highest BCUT2D eigenvalue weighted by Gasteiger charge is 2.13. The standard InChI is InChI=1S/C24H24Cl2N2O3/c1-16(2)15-22-17(3)27-28(4)24(22)31-21-11-9-20(10-12-21)30-19-7-5-18(6-8-19)29-14-13-23(25)26/h5-13,15H,14H2,1-4H3. The second-order valence-corrected chi connectivity index (χ2v) is 8.11. The fraction of sp³-hybridized carbons (Fsp3) is 0.208. The van der Waals surface area contributed by atoms with Gasteiger partial charge in [0.1, 0.15) is 34.1 Å². The summed E-state index contributed by atoms with van der Waals surface area (Å²) in [5.41, 5.74) is 3.09. The lowest BCUT2D eigenvalue weighted by Crippen LogP contribution is -1.96. The molecule has 162 valence electrons. The Morgan fingerprint density at radius 2 is 1.42 bits per heavy atom. The van der Waals surface area contributed by atoms with Gasteiger partial charge in [-0.3, -0.25) is 0 Å². The molecule has 0 unspecified atom stereocenters. The first-order valence-corrected chi connectivity index (χ1v) is 10.5. The van der Waals surface area contributed by atoms with Gasteiger partial charge in [0.2, 0.25) is 5.88 Å². The molecule has 0 saturated carbocycles. The van der Waals surface area contributed by atoms with Gasteiger partial charge < -0.3 is 14.2 Å². The summed E-state index contributed by atoms with van der Waals surface area (Å²) in [5.74, 6) is 3.49. The number of rotatable bonds is 8. The maximum Gasteiger partial charge on any atom is 0.225 e. The summed E-state index contributed by atoms with van der Waals surface area (Å²) in [5, 5.41) is 4.46. The molecule has 0 N–H and O–H groups in total. The number of halogens is 2. The van der Waals surface area contributed by atoms with Crippen LogP contribution < -0.4 is 14.2 Å². The van der Waals surface area contributed by atoms with Gasteiger partial charge in [-0.15, -0.1) is 0 Å². The van der Waals surface area contributed by atoms with E-state index in [0.717, 1.165) is 11.3 Å². The van der Waals surface area contributed by atoms with Crippen LogP contribution in [0.4, 0.5) is 0 Å². The summed E-state index contributed by atoms with van der Waals surface area (Å²) in [7, 11) is 1.87. The largest absolute Gasteiger partial charge is 0.489 e. The molecule has 3 rings (SSSR count). The number of aromatic nitrogens is 2. The predicted molar refractivity (Wildman–Crippen MR) is 126 cm³/mol. The van der Waals surface area contributed by atoms with Crippen molar-refractivity contribution in [3.05, 3.63) is 75.9 Å². The number of hydrogen-bond acceptors (Lipinski definition) is 4. The summed E-state index contributed by atoms with van der Waals surface area (Å²) < 4.78 is 19.4. The molecule has 2 aromatic carbocycles. The fourth-order valence-corrected chi connectivity index (χ4v) is 2.98. The Morgan fingerprint density at radius 3 is 1.94 bits per heavy atom. The zero-order chi connectivity index (χ0) is 22.4. The SMILES string of the molecule is CC(C)=Cc1c(C)nn(C)c1Oc1ccc(Oc2ccc(OCC=C(Cl)Cl)cc2)cc1. The summed E-state index contributed by atoms with van der Waals surface area (Å²) in [6.45, 7) is 6.37. The third kappa shape index (κ3) is 6.54. The minimum atomic E-state index is 0.180. The van der Waals surface area contributed by atoms with Crippen LogP contribution in [-0.2, 0) is 7.05 Å². The first-order valence-electron chi connectivity index (χ1n) is 9.70. The van der Waals surface area contributed by atoms with Crippen molar-refractivity contribution in [1.29, 1.82) is 0 Å². The van der Waals surface area contributed by atoms with E-state index in [1.165, 1.54) is 5.57 Å². The second kappa shape index (κ2) is 10.4. The average molecular weight is 459 g/mol. The Kier molecular flexibility index (Phi) is 7.66. The van der Waals surface area contributed by atoms with Crippen molar-refractivity contribution in [3.63, 3.8) is 0 Å². The lowest BCUT2D eigenvalue weighted by molar-refractivity contribution is 0.362. The highest BCUT2D eigenvalue weighted by Crippen LogP contribution is 2.31. The summed E-state index contributed by atoms with van der Waals surface area (Å²) in [6, 6.07) is 14.7. The molecule has 5 nitrogen and oxygen atoms in total. The van der Waals surface area contributed by atoms with Crippen LogP contribution in [0.3, 0.4) is 0 Å². The number of hydrogen-bond donors (Lipinski definition) is 0. The predicted octanol–water partition coefficient (Wildman–Crippen LogP) is 7.43. The third-order valence-electron chi connectivity index (χ3n) is 4.23. The molecule has 1 aromatic heterocycles. The monoisotopic (exact) mass is 458 g/mol. The molecular weight excluding hydrogens is 435 g/mol. The summed E-state index contributed by atoms with van der Waals surface area (Å²) in [4.78, 5) is 0. The van der Waals surface area contributed by atoms with Gasteiger partial charge in [-0.2, -0.15) is 5.10 Å². The molecule has 0 atom stereocenters. The van der Waals surface area contributed by atoms with Crippen LogP contribution in [0.15, 0.2) is 64.7 Å². The number of benzene rings is 2. The molecule has 0 amide bonds. The Morgan fingerprint density at radius 1 is 0.903 bits per heavy atom. The van der Waals surface area contributed by atoms with Crippen molar-refractivity contribution in [2.45, 2.75) is 20.8 Å². The molecule has 0 aliphatic heterocycles. The minimum absolute atomic E-state index is 0.180. The van der Waals surface area contributed by atoms with E-state index in [1.807, 2.05) is 76.3 Å². The van der Waals surface area contributed by atoms with Crippen molar-refractivity contribution in [1.82, 2.24) is 9.78 Å². The van der Waals surface area contributed by atoms with E-state index >= 15 is 0 Å². The van der Waals surface area contributed by atoms with Gasteiger partial charge in [-0.25, -0.2) is 4.68 Å². The zero-order valence-electron chi connectivity index (χ0n) is 17.9. The molecule has 0 saturated heterocycles. The fourth-order valence-electron chi connectivity index (χ4n) is 2.86. The van der Waals surface area contributed by atoms with E-state index in [-0.39, 0.29) is 4.49 Å². The van der Waals surface area contributed by atoms with E-state index in [2.05, 4.69) is 11.2 Å². The number of ether oxygens (including phenoxy) is 3.